The van der Waals surface area contributed by atoms with E-state index in [0.29, 0.717) is 19.3 Å². The molecule has 0 saturated heterocycles. The van der Waals surface area contributed by atoms with E-state index in [4.69, 9.17) is 14.2 Å². The fourth-order valence-corrected chi connectivity index (χ4v) is 8.97. The van der Waals surface area contributed by atoms with Gasteiger partial charge in [-0.1, -0.05) is 304 Å². The molecule has 0 fully saturated rings. The molecule has 0 heterocycles. The Labute approximate surface area is 476 Å². The van der Waals surface area contributed by atoms with Gasteiger partial charge in [-0.2, -0.15) is 0 Å². The van der Waals surface area contributed by atoms with Crippen LogP contribution in [-0.4, -0.2) is 37.2 Å². The van der Waals surface area contributed by atoms with Crippen LogP contribution in [0, 0.1) is 0 Å². The summed E-state index contributed by atoms with van der Waals surface area (Å²) < 4.78 is 16.9. The summed E-state index contributed by atoms with van der Waals surface area (Å²) in [5.41, 5.74) is 0. The van der Waals surface area contributed by atoms with Gasteiger partial charge in [-0.3, -0.25) is 14.4 Å². The van der Waals surface area contributed by atoms with Gasteiger partial charge in [-0.05, 0) is 89.9 Å². The van der Waals surface area contributed by atoms with Crippen LogP contribution in [0.15, 0.2) is 109 Å². The largest absolute Gasteiger partial charge is 0.462 e. The molecule has 6 heteroatoms. The van der Waals surface area contributed by atoms with Gasteiger partial charge in [0.15, 0.2) is 6.10 Å². The van der Waals surface area contributed by atoms with E-state index in [0.717, 1.165) is 122 Å². The highest BCUT2D eigenvalue weighted by Gasteiger charge is 2.19. The number of carbonyl (C=O) groups is 3. The standard InChI is InChI=1S/C71H120O6/c1-4-7-10-13-16-19-21-23-25-27-29-30-31-32-33-34-35-36-37-38-39-40-42-43-45-47-49-52-55-58-61-64-70(73)76-67-68(66-75-69(72)63-60-57-54-51-18-15-12-9-6-3)77-71(74)65-62-59-56-53-50-48-46-44-41-28-26-24-22-20-17-14-11-8-5-2/h7,10,16,19,23,25,29-30,32-33,35-36,38-39,42-43,47,49,68H,4-6,8-9,11-15,17-18,20-22,24,26-28,31,34,37,40-41,44-46,48,50-67H2,1-3H3/b10-7-,19-16-,25-23-,30-29-,33-32-,36-35-,39-38-,43-42-,49-47-. The van der Waals surface area contributed by atoms with Crippen LogP contribution in [0.4, 0.5) is 0 Å². The van der Waals surface area contributed by atoms with Crippen molar-refractivity contribution in [1.29, 1.82) is 0 Å². The fourth-order valence-electron chi connectivity index (χ4n) is 8.97. The van der Waals surface area contributed by atoms with E-state index >= 15 is 0 Å². The Balaban J connectivity index is 4.28. The molecule has 1 unspecified atom stereocenters. The summed E-state index contributed by atoms with van der Waals surface area (Å²) in [7, 11) is 0. The minimum absolute atomic E-state index is 0.0855. The first-order valence-electron chi connectivity index (χ1n) is 32.4. The van der Waals surface area contributed by atoms with Crippen molar-refractivity contribution in [2.24, 2.45) is 0 Å². The molecule has 0 radical (unpaired) electrons. The van der Waals surface area contributed by atoms with E-state index in [1.165, 1.54) is 141 Å². The predicted octanol–water partition coefficient (Wildman–Crippen LogP) is 22.2. The van der Waals surface area contributed by atoms with E-state index in [2.05, 4.69) is 130 Å². The maximum atomic E-state index is 12.9. The second-order valence-corrected chi connectivity index (χ2v) is 21.3. The first-order valence-corrected chi connectivity index (χ1v) is 32.4. The Kier molecular flexibility index (Phi) is 61.3. The lowest BCUT2D eigenvalue weighted by Gasteiger charge is -2.18. The van der Waals surface area contributed by atoms with E-state index in [9.17, 15) is 14.4 Å². The van der Waals surface area contributed by atoms with Gasteiger partial charge in [0, 0.05) is 19.3 Å². The van der Waals surface area contributed by atoms with Crippen molar-refractivity contribution in [2.45, 2.75) is 309 Å². The zero-order chi connectivity index (χ0) is 55.7. The van der Waals surface area contributed by atoms with Crippen molar-refractivity contribution >= 4 is 17.9 Å². The van der Waals surface area contributed by atoms with Crippen molar-refractivity contribution in [3.63, 3.8) is 0 Å². The predicted molar refractivity (Wildman–Crippen MR) is 334 cm³/mol. The SMILES string of the molecule is CC/C=C\C/C=C\C/C=C\C/C=C\C/C=C\C/C=C\C/C=C\C/C=C\C/C=C\CCCCCC(=O)OCC(COC(=O)CCCCCCCCCCC)OC(=O)CCCCCCCCCCCCCCCCCCCCC. The van der Waals surface area contributed by atoms with Crippen molar-refractivity contribution in [3.05, 3.63) is 109 Å². The maximum Gasteiger partial charge on any atom is 0.306 e. The van der Waals surface area contributed by atoms with Crippen LogP contribution in [0.3, 0.4) is 0 Å². The lowest BCUT2D eigenvalue weighted by molar-refractivity contribution is -0.167. The molecule has 6 nitrogen and oxygen atoms in total. The number of hydrogen-bond donors (Lipinski definition) is 0. The topological polar surface area (TPSA) is 78.9 Å². The second kappa shape index (κ2) is 64.6. The van der Waals surface area contributed by atoms with E-state index < -0.39 is 6.10 Å². The smallest absolute Gasteiger partial charge is 0.306 e. The molecule has 0 aromatic heterocycles. The molecular weight excluding hydrogens is 949 g/mol. The molecular formula is C71H120O6. The molecule has 0 aromatic carbocycles. The zero-order valence-electron chi connectivity index (χ0n) is 50.4. The Hall–Kier alpha value is -3.93. The Morgan fingerprint density at radius 3 is 0.792 bits per heavy atom. The number of ether oxygens (including phenoxy) is 3. The zero-order valence-corrected chi connectivity index (χ0v) is 50.4. The van der Waals surface area contributed by atoms with Crippen molar-refractivity contribution in [3.8, 4) is 0 Å². The summed E-state index contributed by atoms with van der Waals surface area (Å²) in [5.74, 6) is -0.913. The number of hydrogen-bond acceptors (Lipinski definition) is 6. The minimum atomic E-state index is -0.789. The molecule has 0 aliphatic heterocycles. The highest BCUT2D eigenvalue weighted by molar-refractivity contribution is 5.71. The number of allylic oxidation sites excluding steroid dienone is 18. The molecule has 0 N–H and O–H groups in total. The van der Waals surface area contributed by atoms with E-state index in [1.807, 2.05) is 0 Å². The summed E-state index contributed by atoms with van der Waals surface area (Å²) in [6.45, 7) is 6.50. The maximum absolute atomic E-state index is 12.9. The number of carbonyl (C=O) groups excluding carboxylic acids is 3. The van der Waals surface area contributed by atoms with Crippen LogP contribution in [-0.2, 0) is 28.6 Å². The molecule has 0 bridgehead atoms. The normalized spacial score (nSPS) is 12.8. The average Bonchev–Trinajstić information content (AvgIpc) is 3.43. The molecule has 440 valence electrons. The van der Waals surface area contributed by atoms with Crippen molar-refractivity contribution in [2.75, 3.05) is 13.2 Å². The van der Waals surface area contributed by atoms with Gasteiger partial charge in [0.05, 0.1) is 0 Å². The third-order valence-electron chi connectivity index (χ3n) is 13.8. The molecule has 77 heavy (non-hydrogen) atoms. The monoisotopic (exact) mass is 1070 g/mol. The van der Waals surface area contributed by atoms with Gasteiger partial charge in [-0.15, -0.1) is 0 Å². The third kappa shape index (κ3) is 62.8. The van der Waals surface area contributed by atoms with Gasteiger partial charge in [0.1, 0.15) is 13.2 Å². The minimum Gasteiger partial charge on any atom is -0.462 e. The Morgan fingerprint density at radius 2 is 0.506 bits per heavy atom. The Bertz CT molecular complexity index is 1560. The third-order valence-corrected chi connectivity index (χ3v) is 13.8. The number of esters is 3. The van der Waals surface area contributed by atoms with Crippen LogP contribution >= 0.6 is 0 Å². The highest BCUT2D eigenvalue weighted by Crippen LogP contribution is 2.16. The summed E-state index contributed by atoms with van der Waals surface area (Å²) >= 11 is 0. The molecule has 0 aliphatic rings. The van der Waals surface area contributed by atoms with E-state index in [-0.39, 0.29) is 31.1 Å². The first-order chi connectivity index (χ1) is 38.0. The molecule has 1 atom stereocenters. The summed E-state index contributed by atoms with van der Waals surface area (Å²) in [6, 6.07) is 0. The van der Waals surface area contributed by atoms with Crippen LogP contribution in [0.5, 0.6) is 0 Å². The quantitative estimate of drug-likeness (QED) is 0.0261. The summed E-state index contributed by atoms with van der Waals surface area (Å²) in [5, 5.41) is 0. The molecule has 0 aromatic rings. The van der Waals surface area contributed by atoms with Gasteiger partial charge in [-0.25, -0.2) is 0 Å². The van der Waals surface area contributed by atoms with Gasteiger partial charge >= 0.3 is 17.9 Å². The van der Waals surface area contributed by atoms with E-state index in [1.54, 1.807) is 0 Å². The van der Waals surface area contributed by atoms with Crippen LogP contribution in [0.1, 0.15) is 303 Å². The van der Waals surface area contributed by atoms with Crippen molar-refractivity contribution < 1.29 is 28.6 Å². The van der Waals surface area contributed by atoms with Crippen molar-refractivity contribution in [1.82, 2.24) is 0 Å². The van der Waals surface area contributed by atoms with Crippen LogP contribution in [0.25, 0.3) is 0 Å². The van der Waals surface area contributed by atoms with Gasteiger partial charge < -0.3 is 14.2 Å². The average molecular weight is 1070 g/mol. The summed E-state index contributed by atoms with van der Waals surface area (Å²) in [6.07, 6.45) is 88.2. The lowest BCUT2D eigenvalue weighted by Crippen LogP contribution is -2.30. The molecule has 0 aliphatic carbocycles. The van der Waals surface area contributed by atoms with Gasteiger partial charge in [0.2, 0.25) is 0 Å². The summed E-state index contributed by atoms with van der Waals surface area (Å²) in [4.78, 5) is 38.2. The number of unbranched alkanes of at least 4 members (excludes halogenated alkanes) is 29. The molecule has 0 amide bonds. The molecule has 0 rings (SSSR count). The molecule has 0 spiro atoms. The second-order valence-electron chi connectivity index (χ2n) is 21.3. The molecule has 0 saturated carbocycles. The van der Waals surface area contributed by atoms with Crippen LogP contribution in [0.2, 0.25) is 0 Å². The first kappa shape index (κ1) is 73.1. The lowest BCUT2D eigenvalue weighted by atomic mass is 10.0. The highest BCUT2D eigenvalue weighted by atomic mass is 16.6. The fraction of sp³-hybridized carbons (Fsp3) is 0.704. The Morgan fingerprint density at radius 1 is 0.273 bits per heavy atom. The van der Waals surface area contributed by atoms with Gasteiger partial charge in [0.25, 0.3) is 0 Å². The number of rotatable bonds is 58. The van der Waals surface area contributed by atoms with Crippen LogP contribution < -0.4 is 0 Å².